The van der Waals surface area contributed by atoms with E-state index in [-0.39, 0.29) is 6.04 Å². The summed E-state index contributed by atoms with van der Waals surface area (Å²) in [6, 6.07) is 2.15. The third kappa shape index (κ3) is 3.08. The highest BCUT2D eigenvalue weighted by Gasteiger charge is 2.17. The highest BCUT2D eigenvalue weighted by Crippen LogP contribution is 2.23. The van der Waals surface area contributed by atoms with Gasteiger partial charge >= 0.3 is 0 Å². The van der Waals surface area contributed by atoms with Crippen LogP contribution in [0, 0.1) is 11.3 Å². The minimum atomic E-state index is -0.0906. The molecule has 94 valence electrons. The average molecular weight is 299 g/mol. The van der Waals surface area contributed by atoms with E-state index in [1.165, 1.54) is 0 Å². The van der Waals surface area contributed by atoms with Gasteiger partial charge in [0.25, 0.3) is 0 Å². The zero-order valence-electron chi connectivity index (χ0n) is 10.9. The minimum Gasteiger partial charge on any atom is -0.285 e. The topological polar surface area (TPSA) is 44.9 Å². The van der Waals surface area contributed by atoms with Gasteiger partial charge in [-0.2, -0.15) is 10.4 Å². The van der Waals surface area contributed by atoms with Crippen LogP contribution in [0.15, 0.2) is 4.47 Å². The molecule has 1 atom stereocenters. The second kappa shape index (κ2) is 6.18. The summed E-state index contributed by atoms with van der Waals surface area (Å²) >= 11 is 3.61. The first-order chi connectivity index (χ1) is 8.04. The Bertz CT molecular complexity index is 419. The first-order valence-corrected chi connectivity index (χ1v) is 6.68. The Labute approximate surface area is 111 Å². The summed E-state index contributed by atoms with van der Waals surface area (Å²) in [5, 5.41) is 13.4. The number of hydrogen-bond donors (Lipinski definition) is 0. The van der Waals surface area contributed by atoms with Gasteiger partial charge in [0, 0.05) is 13.1 Å². The van der Waals surface area contributed by atoms with Crippen LogP contribution in [0.1, 0.15) is 32.2 Å². The summed E-state index contributed by atoms with van der Waals surface area (Å²) in [6.45, 7) is 7.66. The third-order valence-corrected chi connectivity index (χ3v) is 3.86. The van der Waals surface area contributed by atoms with Crippen molar-refractivity contribution in [1.82, 2.24) is 14.7 Å². The minimum absolute atomic E-state index is 0.0906. The van der Waals surface area contributed by atoms with E-state index < -0.39 is 0 Å². The molecule has 17 heavy (non-hydrogen) atoms. The fourth-order valence-corrected chi connectivity index (χ4v) is 2.33. The lowest BCUT2D eigenvalue weighted by atomic mass is 10.2. The zero-order valence-corrected chi connectivity index (χ0v) is 12.5. The molecule has 0 radical (unpaired) electrons. The highest BCUT2D eigenvalue weighted by molar-refractivity contribution is 9.10. The molecule has 0 bridgehead atoms. The van der Waals surface area contributed by atoms with Gasteiger partial charge in [-0.15, -0.1) is 0 Å². The largest absolute Gasteiger partial charge is 0.285 e. The quantitative estimate of drug-likeness (QED) is 0.839. The molecular formula is C12H19BrN4. The number of aryl methyl sites for hydroxylation is 2. The first-order valence-electron chi connectivity index (χ1n) is 5.89. The summed E-state index contributed by atoms with van der Waals surface area (Å²) < 4.78 is 3.09. The van der Waals surface area contributed by atoms with Crippen LogP contribution < -0.4 is 0 Å². The monoisotopic (exact) mass is 298 g/mol. The molecule has 1 unspecified atom stereocenters. The van der Waals surface area contributed by atoms with E-state index in [0.717, 1.165) is 35.4 Å². The summed E-state index contributed by atoms with van der Waals surface area (Å²) in [4.78, 5) is 2.02. The lowest BCUT2D eigenvalue weighted by Crippen LogP contribution is -2.28. The molecule has 0 amide bonds. The van der Waals surface area contributed by atoms with Gasteiger partial charge in [-0.3, -0.25) is 9.58 Å². The van der Waals surface area contributed by atoms with Crippen molar-refractivity contribution in [3.63, 3.8) is 0 Å². The highest BCUT2D eigenvalue weighted by atomic mass is 79.9. The van der Waals surface area contributed by atoms with E-state index in [4.69, 9.17) is 5.26 Å². The van der Waals surface area contributed by atoms with Gasteiger partial charge in [-0.25, -0.2) is 0 Å². The first kappa shape index (κ1) is 14.2. The van der Waals surface area contributed by atoms with Crippen molar-refractivity contribution >= 4 is 15.9 Å². The van der Waals surface area contributed by atoms with Gasteiger partial charge in [0.2, 0.25) is 0 Å². The second-order valence-corrected chi connectivity index (χ2v) is 4.89. The van der Waals surface area contributed by atoms with Crippen LogP contribution in [0.2, 0.25) is 0 Å². The smallest absolute Gasteiger partial charge is 0.0950 e. The van der Waals surface area contributed by atoms with E-state index in [9.17, 15) is 0 Å². The van der Waals surface area contributed by atoms with Crippen molar-refractivity contribution in [2.45, 2.75) is 46.3 Å². The van der Waals surface area contributed by atoms with Crippen molar-refractivity contribution in [2.75, 3.05) is 7.05 Å². The molecule has 1 rings (SSSR count). The van der Waals surface area contributed by atoms with Crippen LogP contribution in [0.3, 0.4) is 0 Å². The number of nitriles is 1. The van der Waals surface area contributed by atoms with Crippen LogP contribution >= 0.6 is 15.9 Å². The molecule has 4 nitrogen and oxygen atoms in total. The van der Waals surface area contributed by atoms with E-state index in [1.54, 1.807) is 0 Å². The van der Waals surface area contributed by atoms with E-state index in [1.807, 2.05) is 23.6 Å². The summed E-state index contributed by atoms with van der Waals surface area (Å²) in [5.74, 6) is 0. The molecule has 0 aliphatic carbocycles. The Morgan fingerprint density at radius 3 is 2.65 bits per heavy atom. The molecular weight excluding hydrogens is 280 g/mol. The standard InChI is InChI=1S/C12H19BrN4/c1-5-10-12(13)11(17(6-2)15-10)8-16(4)9(3)7-14/h9H,5-6,8H2,1-4H3. The van der Waals surface area contributed by atoms with Gasteiger partial charge in [0.1, 0.15) is 0 Å². The van der Waals surface area contributed by atoms with Gasteiger partial charge in [0.05, 0.1) is 28.0 Å². The number of halogens is 1. The predicted molar refractivity (Wildman–Crippen MR) is 71.5 cm³/mol. The predicted octanol–water partition coefficient (Wildman–Crippen LogP) is 2.57. The fourth-order valence-electron chi connectivity index (χ4n) is 1.64. The molecule has 0 saturated carbocycles. The number of rotatable bonds is 5. The van der Waals surface area contributed by atoms with Crippen LogP contribution in [0.5, 0.6) is 0 Å². The van der Waals surface area contributed by atoms with E-state index in [0.29, 0.717) is 0 Å². The Kier molecular flexibility index (Phi) is 5.16. The number of hydrogen-bond acceptors (Lipinski definition) is 3. The van der Waals surface area contributed by atoms with Gasteiger partial charge in [0.15, 0.2) is 0 Å². The molecule has 1 aromatic heterocycles. The van der Waals surface area contributed by atoms with E-state index in [2.05, 4.69) is 40.9 Å². The molecule has 0 aliphatic rings. The van der Waals surface area contributed by atoms with Crippen LogP contribution in [-0.4, -0.2) is 27.8 Å². The maximum absolute atomic E-state index is 8.90. The third-order valence-electron chi connectivity index (χ3n) is 2.94. The van der Waals surface area contributed by atoms with Gasteiger partial charge in [-0.05, 0) is 43.2 Å². The molecule has 0 aliphatic heterocycles. The number of aromatic nitrogens is 2. The summed E-state index contributed by atoms with van der Waals surface area (Å²) in [5.41, 5.74) is 2.23. The zero-order chi connectivity index (χ0) is 13.0. The maximum Gasteiger partial charge on any atom is 0.0950 e. The molecule has 0 spiro atoms. The molecule has 0 fully saturated rings. The normalized spacial score (nSPS) is 12.8. The average Bonchev–Trinajstić information content (AvgIpc) is 2.65. The van der Waals surface area contributed by atoms with Gasteiger partial charge < -0.3 is 0 Å². The van der Waals surface area contributed by atoms with Crippen molar-refractivity contribution < 1.29 is 0 Å². The van der Waals surface area contributed by atoms with Crippen molar-refractivity contribution in [3.8, 4) is 6.07 Å². The maximum atomic E-state index is 8.90. The Morgan fingerprint density at radius 1 is 1.53 bits per heavy atom. The van der Waals surface area contributed by atoms with Crippen molar-refractivity contribution in [3.05, 3.63) is 15.9 Å². The van der Waals surface area contributed by atoms with Crippen LogP contribution in [0.25, 0.3) is 0 Å². The summed E-state index contributed by atoms with van der Waals surface area (Å²) in [7, 11) is 1.96. The van der Waals surface area contributed by atoms with Gasteiger partial charge in [-0.1, -0.05) is 6.92 Å². The molecule has 5 heteroatoms. The lowest BCUT2D eigenvalue weighted by molar-refractivity contribution is 0.284. The Balaban J connectivity index is 2.97. The SMILES string of the molecule is CCc1nn(CC)c(CN(C)C(C)C#N)c1Br. The molecule has 0 aromatic carbocycles. The van der Waals surface area contributed by atoms with Crippen LogP contribution in [0.4, 0.5) is 0 Å². The molecule has 0 saturated heterocycles. The molecule has 1 heterocycles. The second-order valence-electron chi connectivity index (χ2n) is 4.10. The Hall–Kier alpha value is -0.860. The number of nitrogens with zero attached hydrogens (tertiary/aromatic N) is 4. The van der Waals surface area contributed by atoms with Crippen LogP contribution in [-0.2, 0) is 19.5 Å². The van der Waals surface area contributed by atoms with Crippen molar-refractivity contribution in [2.24, 2.45) is 0 Å². The fraction of sp³-hybridized carbons (Fsp3) is 0.667. The van der Waals surface area contributed by atoms with Crippen molar-refractivity contribution in [1.29, 1.82) is 5.26 Å². The molecule has 1 aromatic rings. The Morgan fingerprint density at radius 2 is 2.18 bits per heavy atom. The summed E-state index contributed by atoms with van der Waals surface area (Å²) in [6.07, 6.45) is 0.915. The lowest BCUT2D eigenvalue weighted by Gasteiger charge is -2.19. The van der Waals surface area contributed by atoms with E-state index >= 15 is 0 Å². The molecule has 0 N–H and O–H groups in total.